The lowest BCUT2D eigenvalue weighted by atomic mass is 10.0. The minimum absolute atomic E-state index is 0.200. The molecule has 6 heteroatoms. The van der Waals surface area contributed by atoms with Crippen LogP contribution >= 0.6 is 0 Å². The Hall–Kier alpha value is -1.11. The standard InChI is InChI=1S/C15H27N3O2S/c1-4-9-17-21(19,20)15-7-5-13(6-8-15)18-14(11-16)10-12(2)3/h5-8,12,14,17-18H,4,9-11,16H2,1-3H3. The van der Waals surface area contributed by atoms with E-state index >= 15 is 0 Å². The van der Waals surface area contributed by atoms with Gasteiger partial charge >= 0.3 is 0 Å². The van der Waals surface area contributed by atoms with Crippen LogP contribution in [-0.4, -0.2) is 27.5 Å². The molecule has 0 spiro atoms. The highest BCUT2D eigenvalue weighted by Crippen LogP contribution is 2.16. The zero-order valence-corrected chi connectivity index (χ0v) is 13.9. The maximum absolute atomic E-state index is 12.0. The monoisotopic (exact) mass is 313 g/mol. The molecule has 120 valence electrons. The molecule has 0 saturated heterocycles. The van der Waals surface area contributed by atoms with Crippen LogP contribution < -0.4 is 15.8 Å². The van der Waals surface area contributed by atoms with Gasteiger partial charge < -0.3 is 11.1 Å². The molecule has 0 aromatic heterocycles. The Balaban J connectivity index is 2.73. The lowest BCUT2D eigenvalue weighted by Crippen LogP contribution is -2.30. The Morgan fingerprint density at radius 2 is 1.81 bits per heavy atom. The van der Waals surface area contributed by atoms with E-state index in [0.29, 0.717) is 19.0 Å². The van der Waals surface area contributed by atoms with Crippen molar-refractivity contribution in [1.29, 1.82) is 0 Å². The first-order valence-corrected chi connectivity index (χ1v) is 8.93. The van der Waals surface area contributed by atoms with Crippen LogP contribution in [0.5, 0.6) is 0 Å². The van der Waals surface area contributed by atoms with Gasteiger partial charge in [-0.15, -0.1) is 0 Å². The van der Waals surface area contributed by atoms with Crippen LogP contribution in [0.25, 0.3) is 0 Å². The summed E-state index contributed by atoms with van der Waals surface area (Å²) in [6.07, 6.45) is 1.75. The van der Waals surface area contributed by atoms with Crippen LogP contribution in [0.2, 0.25) is 0 Å². The molecule has 0 bridgehead atoms. The number of hydrogen-bond acceptors (Lipinski definition) is 4. The molecule has 0 aliphatic heterocycles. The van der Waals surface area contributed by atoms with Crippen molar-refractivity contribution in [2.75, 3.05) is 18.4 Å². The Kier molecular flexibility index (Phi) is 7.14. The van der Waals surface area contributed by atoms with E-state index in [1.165, 1.54) is 0 Å². The SMILES string of the molecule is CCCNS(=O)(=O)c1ccc(NC(CN)CC(C)C)cc1. The summed E-state index contributed by atoms with van der Waals surface area (Å²) in [6, 6.07) is 6.99. The van der Waals surface area contributed by atoms with E-state index < -0.39 is 10.0 Å². The largest absolute Gasteiger partial charge is 0.381 e. The summed E-state index contributed by atoms with van der Waals surface area (Å²) in [5.74, 6) is 0.559. The van der Waals surface area contributed by atoms with Gasteiger partial charge in [0.1, 0.15) is 0 Å². The molecule has 0 radical (unpaired) electrons. The van der Waals surface area contributed by atoms with Gasteiger partial charge in [0.15, 0.2) is 0 Å². The molecule has 0 saturated carbocycles. The molecular formula is C15H27N3O2S. The van der Waals surface area contributed by atoms with Crippen molar-refractivity contribution in [2.24, 2.45) is 11.7 Å². The Morgan fingerprint density at radius 1 is 1.19 bits per heavy atom. The smallest absolute Gasteiger partial charge is 0.240 e. The number of hydrogen-bond donors (Lipinski definition) is 3. The number of nitrogens with two attached hydrogens (primary N) is 1. The predicted octanol–water partition coefficient (Wildman–Crippen LogP) is 2.16. The van der Waals surface area contributed by atoms with Crippen LogP contribution in [0.4, 0.5) is 5.69 Å². The predicted molar refractivity (Wildman–Crippen MR) is 87.8 cm³/mol. The molecule has 0 aliphatic rings. The van der Waals surface area contributed by atoms with E-state index in [-0.39, 0.29) is 10.9 Å². The van der Waals surface area contributed by atoms with Crippen molar-refractivity contribution in [2.45, 2.75) is 44.6 Å². The summed E-state index contributed by atoms with van der Waals surface area (Å²) in [4.78, 5) is 0.287. The van der Waals surface area contributed by atoms with Gasteiger partial charge in [-0.1, -0.05) is 20.8 Å². The first-order chi connectivity index (χ1) is 9.89. The van der Waals surface area contributed by atoms with Gasteiger partial charge in [-0.2, -0.15) is 0 Å². The van der Waals surface area contributed by atoms with E-state index in [1.54, 1.807) is 24.3 Å². The van der Waals surface area contributed by atoms with Crippen molar-refractivity contribution >= 4 is 15.7 Å². The molecule has 4 N–H and O–H groups in total. The highest BCUT2D eigenvalue weighted by atomic mass is 32.2. The van der Waals surface area contributed by atoms with Crippen LogP contribution in [0, 0.1) is 5.92 Å². The summed E-state index contributed by atoms with van der Waals surface area (Å²) in [5, 5.41) is 3.34. The maximum Gasteiger partial charge on any atom is 0.240 e. The van der Waals surface area contributed by atoms with E-state index in [2.05, 4.69) is 23.9 Å². The van der Waals surface area contributed by atoms with Gasteiger partial charge in [-0.25, -0.2) is 13.1 Å². The average molecular weight is 313 g/mol. The van der Waals surface area contributed by atoms with E-state index in [1.807, 2.05) is 6.92 Å². The normalized spacial score (nSPS) is 13.4. The molecule has 0 fully saturated rings. The second kappa shape index (κ2) is 8.36. The van der Waals surface area contributed by atoms with Crippen LogP contribution in [0.3, 0.4) is 0 Å². The topological polar surface area (TPSA) is 84.2 Å². The summed E-state index contributed by atoms with van der Waals surface area (Å²) < 4.78 is 26.5. The summed E-state index contributed by atoms with van der Waals surface area (Å²) in [6.45, 7) is 7.23. The zero-order valence-electron chi connectivity index (χ0n) is 13.1. The molecule has 1 aromatic rings. The number of benzene rings is 1. The van der Waals surface area contributed by atoms with Gasteiger partial charge in [-0.3, -0.25) is 0 Å². The summed E-state index contributed by atoms with van der Waals surface area (Å²) in [7, 11) is -3.39. The highest BCUT2D eigenvalue weighted by molar-refractivity contribution is 7.89. The van der Waals surface area contributed by atoms with Crippen LogP contribution in [-0.2, 0) is 10.0 Å². The third kappa shape index (κ3) is 6.03. The van der Waals surface area contributed by atoms with Gasteiger partial charge in [0.2, 0.25) is 10.0 Å². The van der Waals surface area contributed by atoms with Crippen LogP contribution in [0.15, 0.2) is 29.2 Å². The molecule has 5 nitrogen and oxygen atoms in total. The number of nitrogens with one attached hydrogen (secondary N) is 2. The lowest BCUT2D eigenvalue weighted by molar-refractivity contribution is 0.522. The molecule has 1 aromatic carbocycles. The van der Waals surface area contributed by atoms with Gasteiger partial charge in [-0.05, 0) is 43.0 Å². The number of anilines is 1. The Morgan fingerprint density at radius 3 is 2.29 bits per heavy atom. The molecule has 1 atom stereocenters. The van der Waals surface area contributed by atoms with E-state index in [9.17, 15) is 8.42 Å². The summed E-state index contributed by atoms with van der Waals surface area (Å²) in [5.41, 5.74) is 6.64. The quantitative estimate of drug-likeness (QED) is 0.652. The fraction of sp³-hybridized carbons (Fsp3) is 0.600. The van der Waals surface area contributed by atoms with Crippen molar-refractivity contribution in [3.63, 3.8) is 0 Å². The minimum atomic E-state index is -3.39. The van der Waals surface area contributed by atoms with E-state index in [4.69, 9.17) is 5.73 Å². The molecule has 21 heavy (non-hydrogen) atoms. The number of rotatable bonds is 9. The first kappa shape index (κ1) is 17.9. The van der Waals surface area contributed by atoms with Gasteiger partial charge in [0, 0.05) is 24.8 Å². The van der Waals surface area contributed by atoms with Crippen molar-refractivity contribution in [3.8, 4) is 0 Å². The molecule has 1 unspecified atom stereocenters. The second-order valence-electron chi connectivity index (χ2n) is 5.63. The molecule has 0 aliphatic carbocycles. The van der Waals surface area contributed by atoms with Crippen molar-refractivity contribution in [3.05, 3.63) is 24.3 Å². The third-order valence-corrected chi connectivity index (χ3v) is 4.59. The fourth-order valence-corrected chi connectivity index (χ4v) is 3.20. The maximum atomic E-state index is 12.0. The first-order valence-electron chi connectivity index (χ1n) is 7.45. The minimum Gasteiger partial charge on any atom is -0.381 e. The van der Waals surface area contributed by atoms with Gasteiger partial charge in [0.25, 0.3) is 0 Å². The summed E-state index contributed by atoms with van der Waals surface area (Å²) >= 11 is 0. The Labute approximate surface area is 128 Å². The van der Waals surface area contributed by atoms with Crippen molar-refractivity contribution < 1.29 is 8.42 Å². The molecule has 1 rings (SSSR count). The van der Waals surface area contributed by atoms with Gasteiger partial charge in [0.05, 0.1) is 4.90 Å². The second-order valence-corrected chi connectivity index (χ2v) is 7.40. The third-order valence-electron chi connectivity index (χ3n) is 3.12. The highest BCUT2D eigenvalue weighted by Gasteiger charge is 2.13. The van der Waals surface area contributed by atoms with Crippen molar-refractivity contribution in [1.82, 2.24) is 4.72 Å². The molecule has 0 amide bonds. The van der Waals surface area contributed by atoms with Crippen LogP contribution in [0.1, 0.15) is 33.6 Å². The molecule has 0 heterocycles. The molecular weight excluding hydrogens is 286 g/mol. The average Bonchev–Trinajstić information content (AvgIpc) is 2.44. The number of sulfonamides is 1. The fourth-order valence-electron chi connectivity index (χ4n) is 2.07. The zero-order chi connectivity index (χ0) is 15.9. The Bertz CT molecular complexity index is 512. The lowest BCUT2D eigenvalue weighted by Gasteiger charge is -2.20. The van der Waals surface area contributed by atoms with E-state index in [0.717, 1.165) is 18.5 Å².